The first kappa shape index (κ1) is 16.8. The van der Waals surface area contributed by atoms with Gasteiger partial charge in [-0.05, 0) is 12.1 Å². The number of anilines is 2. The Labute approximate surface area is 134 Å². The molecule has 0 aromatic heterocycles. The van der Waals surface area contributed by atoms with E-state index in [1.165, 1.54) is 12.0 Å². The second-order valence-electron chi connectivity index (χ2n) is 5.77. The highest BCUT2D eigenvalue weighted by atomic mass is 16.5. The molecule has 1 heterocycles. The molecule has 2 N–H and O–H groups in total. The summed E-state index contributed by atoms with van der Waals surface area (Å²) in [5.74, 6) is -1.91. The second kappa shape index (κ2) is 6.68. The van der Waals surface area contributed by atoms with Crippen LogP contribution in [0.2, 0.25) is 0 Å². The van der Waals surface area contributed by atoms with Crippen molar-refractivity contribution in [2.75, 3.05) is 23.9 Å². The zero-order valence-electron chi connectivity index (χ0n) is 13.3. The number of amides is 2. The maximum absolute atomic E-state index is 12.2. The van der Waals surface area contributed by atoms with Gasteiger partial charge in [0.1, 0.15) is 5.75 Å². The van der Waals surface area contributed by atoms with E-state index in [2.05, 4.69) is 5.32 Å². The summed E-state index contributed by atoms with van der Waals surface area (Å²) in [6.07, 6.45) is -0.0515. The maximum Gasteiger partial charge on any atom is 0.308 e. The van der Waals surface area contributed by atoms with Crippen LogP contribution in [0.25, 0.3) is 0 Å². The van der Waals surface area contributed by atoms with Gasteiger partial charge in [-0.25, -0.2) is 0 Å². The van der Waals surface area contributed by atoms with Crippen LogP contribution >= 0.6 is 0 Å². The van der Waals surface area contributed by atoms with Crippen LogP contribution in [0.15, 0.2) is 18.2 Å². The fourth-order valence-corrected chi connectivity index (χ4v) is 2.35. The summed E-state index contributed by atoms with van der Waals surface area (Å²) in [6, 6.07) is 4.95. The van der Waals surface area contributed by atoms with E-state index in [1.807, 2.05) is 0 Å². The number of methoxy groups -OCH3 is 1. The summed E-state index contributed by atoms with van der Waals surface area (Å²) in [7, 11) is 1.50. The highest BCUT2D eigenvalue weighted by Gasteiger charge is 2.36. The lowest BCUT2D eigenvalue weighted by molar-refractivity contribution is -0.141. The number of hydrogen-bond acceptors (Lipinski definition) is 4. The van der Waals surface area contributed by atoms with Gasteiger partial charge in [0.15, 0.2) is 0 Å². The van der Waals surface area contributed by atoms with Crippen LogP contribution < -0.4 is 15.0 Å². The SMILES string of the molecule is COc1ccc(NC(=O)C(C)C)c(N2C[C@@H](C(=O)O)CC2=O)c1. The molecule has 2 rings (SSSR count). The average molecular weight is 320 g/mol. The Bertz CT molecular complexity index is 641. The highest BCUT2D eigenvalue weighted by molar-refractivity contribution is 6.04. The summed E-state index contributed by atoms with van der Waals surface area (Å²) in [6.45, 7) is 3.60. The number of nitrogens with one attached hydrogen (secondary N) is 1. The van der Waals surface area contributed by atoms with Crippen molar-refractivity contribution < 1.29 is 24.2 Å². The fourth-order valence-electron chi connectivity index (χ4n) is 2.35. The van der Waals surface area contributed by atoms with Gasteiger partial charge in [-0.3, -0.25) is 14.4 Å². The van der Waals surface area contributed by atoms with Crippen LogP contribution in [0.5, 0.6) is 5.75 Å². The molecule has 1 fully saturated rings. The fraction of sp³-hybridized carbons (Fsp3) is 0.438. The van der Waals surface area contributed by atoms with Crippen molar-refractivity contribution in [3.8, 4) is 5.75 Å². The number of benzene rings is 1. The third-order valence-corrected chi connectivity index (χ3v) is 3.75. The van der Waals surface area contributed by atoms with Gasteiger partial charge in [0, 0.05) is 24.9 Å². The number of hydrogen-bond donors (Lipinski definition) is 2. The first-order valence-corrected chi connectivity index (χ1v) is 7.35. The molecule has 0 bridgehead atoms. The molecule has 1 aliphatic rings. The van der Waals surface area contributed by atoms with Crippen molar-refractivity contribution in [1.29, 1.82) is 0 Å². The van der Waals surface area contributed by atoms with E-state index in [0.29, 0.717) is 17.1 Å². The molecule has 1 saturated heterocycles. The predicted octanol–water partition coefficient (Wildman–Crippen LogP) is 1.73. The Kier molecular flexibility index (Phi) is 4.88. The smallest absolute Gasteiger partial charge is 0.308 e. The highest BCUT2D eigenvalue weighted by Crippen LogP contribution is 2.35. The molecule has 0 saturated carbocycles. The van der Waals surface area contributed by atoms with Crippen LogP contribution in [0.3, 0.4) is 0 Å². The van der Waals surface area contributed by atoms with E-state index < -0.39 is 11.9 Å². The Morgan fingerprint density at radius 2 is 2.09 bits per heavy atom. The number of carboxylic acid groups (broad SMARTS) is 1. The molecule has 1 atom stereocenters. The largest absolute Gasteiger partial charge is 0.497 e. The van der Waals surface area contributed by atoms with Crippen molar-refractivity contribution >= 4 is 29.2 Å². The minimum atomic E-state index is -1.00. The van der Waals surface area contributed by atoms with E-state index in [4.69, 9.17) is 9.84 Å². The lowest BCUT2D eigenvalue weighted by Gasteiger charge is -2.21. The van der Waals surface area contributed by atoms with Crippen LogP contribution in [-0.2, 0) is 14.4 Å². The van der Waals surface area contributed by atoms with Gasteiger partial charge in [-0.2, -0.15) is 0 Å². The van der Waals surface area contributed by atoms with Gasteiger partial charge in [-0.1, -0.05) is 13.8 Å². The molecular weight excluding hydrogens is 300 g/mol. The average Bonchev–Trinajstić information content (AvgIpc) is 2.89. The molecule has 1 aromatic rings. The van der Waals surface area contributed by atoms with E-state index >= 15 is 0 Å². The standard InChI is InChI=1S/C16H20N2O5/c1-9(2)15(20)17-12-5-4-11(23-3)7-13(12)18-8-10(16(21)22)6-14(18)19/h4-5,7,9-10H,6,8H2,1-3H3,(H,17,20)(H,21,22)/t10-/m0/s1. The first-order chi connectivity index (χ1) is 10.8. The Morgan fingerprint density at radius 1 is 1.39 bits per heavy atom. The van der Waals surface area contributed by atoms with Crippen molar-refractivity contribution in [3.05, 3.63) is 18.2 Å². The zero-order chi connectivity index (χ0) is 17.1. The minimum absolute atomic E-state index is 0.0515. The molecule has 0 unspecified atom stereocenters. The molecule has 0 radical (unpaired) electrons. The van der Waals surface area contributed by atoms with Gasteiger partial charge in [-0.15, -0.1) is 0 Å². The summed E-state index contributed by atoms with van der Waals surface area (Å²) in [5, 5.41) is 11.9. The van der Waals surface area contributed by atoms with Crippen molar-refractivity contribution in [1.82, 2.24) is 0 Å². The summed E-state index contributed by atoms with van der Waals surface area (Å²) in [4.78, 5) is 36.6. The van der Waals surface area contributed by atoms with Crippen molar-refractivity contribution in [2.45, 2.75) is 20.3 Å². The van der Waals surface area contributed by atoms with E-state index in [0.717, 1.165) is 0 Å². The van der Waals surface area contributed by atoms with Crippen LogP contribution in [-0.4, -0.2) is 36.5 Å². The number of carbonyl (C=O) groups excluding carboxylic acids is 2. The molecule has 1 aliphatic heterocycles. The molecule has 23 heavy (non-hydrogen) atoms. The number of nitrogens with zero attached hydrogens (tertiary/aromatic N) is 1. The van der Waals surface area contributed by atoms with Crippen molar-refractivity contribution in [2.24, 2.45) is 11.8 Å². The molecule has 7 nitrogen and oxygen atoms in total. The number of rotatable bonds is 5. The molecule has 0 aliphatic carbocycles. The normalized spacial score (nSPS) is 17.5. The third kappa shape index (κ3) is 3.61. The minimum Gasteiger partial charge on any atom is -0.497 e. The van der Waals surface area contributed by atoms with Crippen LogP contribution in [0.4, 0.5) is 11.4 Å². The Morgan fingerprint density at radius 3 is 2.61 bits per heavy atom. The molecule has 7 heteroatoms. The predicted molar refractivity (Wildman–Crippen MR) is 84.6 cm³/mol. The molecule has 124 valence electrons. The van der Waals surface area contributed by atoms with E-state index in [1.54, 1.807) is 32.0 Å². The molecule has 2 amide bonds. The Balaban J connectivity index is 2.37. The van der Waals surface area contributed by atoms with E-state index in [9.17, 15) is 14.4 Å². The topological polar surface area (TPSA) is 95.9 Å². The molecular formula is C16H20N2O5. The van der Waals surface area contributed by atoms with Gasteiger partial charge in [0.05, 0.1) is 24.4 Å². The number of aliphatic carboxylic acids is 1. The summed E-state index contributed by atoms with van der Waals surface area (Å²) in [5.41, 5.74) is 0.913. The number of carbonyl (C=O) groups is 3. The van der Waals surface area contributed by atoms with Gasteiger partial charge in [0.2, 0.25) is 11.8 Å². The first-order valence-electron chi connectivity index (χ1n) is 7.35. The quantitative estimate of drug-likeness (QED) is 0.861. The zero-order valence-corrected chi connectivity index (χ0v) is 13.3. The number of carboxylic acids is 1. The number of ether oxygens (including phenoxy) is 1. The van der Waals surface area contributed by atoms with Crippen LogP contribution in [0.1, 0.15) is 20.3 Å². The molecule has 1 aromatic carbocycles. The monoisotopic (exact) mass is 320 g/mol. The lowest BCUT2D eigenvalue weighted by atomic mass is 10.1. The Hall–Kier alpha value is -2.57. The van der Waals surface area contributed by atoms with Gasteiger partial charge in [0.25, 0.3) is 0 Å². The summed E-state index contributed by atoms with van der Waals surface area (Å²) < 4.78 is 5.16. The summed E-state index contributed by atoms with van der Waals surface area (Å²) >= 11 is 0. The molecule has 0 spiro atoms. The maximum atomic E-state index is 12.2. The second-order valence-corrected chi connectivity index (χ2v) is 5.77. The van der Waals surface area contributed by atoms with Gasteiger partial charge >= 0.3 is 5.97 Å². The van der Waals surface area contributed by atoms with Gasteiger partial charge < -0.3 is 20.1 Å². The van der Waals surface area contributed by atoms with Crippen LogP contribution in [0, 0.1) is 11.8 Å². The van der Waals surface area contributed by atoms with Crippen molar-refractivity contribution in [3.63, 3.8) is 0 Å². The van der Waals surface area contributed by atoms with E-state index in [-0.39, 0.29) is 30.7 Å². The third-order valence-electron chi connectivity index (χ3n) is 3.75. The lowest BCUT2D eigenvalue weighted by Crippen LogP contribution is -2.28.